The lowest BCUT2D eigenvalue weighted by Crippen LogP contribution is -2.15. The van der Waals surface area contributed by atoms with Gasteiger partial charge >= 0.3 is 0 Å². The van der Waals surface area contributed by atoms with E-state index >= 15 is 0 Å². The maximum atomic E-state index is 12.6. The monoisotopic (exact) mass is 477 g/mol. The van der Waals surface area contributed by atoms with Crippen LogP contribution >= 0.6 is 0 Å². The van der Waals surface area contributed by atoms with E-state index in [1.165, 1.54) is 0 Å². The third kappa shape index (κ3) is 4.65. The Morgan fingerprint density at radius 3 is 2.31 bits per heavy atom. The lowest BCUT2D eigenvalue weighted by atomic mass is 9.96. The van der Waals surface area contributed by atoms with Crippen LogP contribution in [0.2, 0.25) is 0 Å². The second-order valence-electron chi connectivity index (χ2n) is 8.63. The van der Waals surface area contributed by atoms with E-state index < -0.39 is 5.91 Å². The molecule has 2 aromatic heterocycles. The third-order valence-electron chi connectivity index (χ3n) is 6.22. The topological polar surface area (TPSA) is 115 Å². The molecule has 0 fully saturated rings. The number of aromatic nitrogens is 6. The van der Waals surface area contributed by atoms with Crippen molar-refractivity contribution in [2.75, 3.05) is 0 Å². The average molecular weight is 478 g/mol. The van der Waals surface area contributed by atoms with Crippen molar-refractivity contribution >= 4 is 5.91 Å². The van der Waals surface area contributed by atoms with Gasteiger partial charge in [0, 0.05) is 24.1 Å². The fourth-order valence-electron chi connectivity index (χ4n) is 4.43. The molecule has 1 amide bonds. The Labute approximate surface area is 209 Å². The number of tetrazole rings is 1. The van der Waals surface area contributed by atoms with Crippen LogP contribution in [0.5, 0.6) is 0 Å². The predicted molar refractivity (Wildman–Crippen MR) is 139 cm³/mol. The van der Waals surface area contributed by atoms with E-state index in [2.05, 4.69) is 51.8 Å². The molecule has 0 atom stereocenters. The fraction of sp³-hybridized carbons (Fsp3) is 0.179. The van der Waals surface area contributed by atoms with Gasteiger partial charge < -0.3 is 5.73 Å². The zero-order valence-corrected chi connectivity index (χ0v) is 20.1. The summed E-state index contributed by atoms with van der Waals surface area (Å²) >= 11 is 0. The molecule has 0 aliphatic heterocycles. The van der Waals surface area contributed by atoms with Crippen LogP contribution in [-0.4, -0.2) is 36.3 Å². The molecule has 0 unspecified atom stereocenters. The van der Waals surface area contributed by atoms with E-state index in [-0.39, 0.29) is 0 Å². The minimum atomic E-state index is -0.461. The number of aryl methyl sites for hydroxylation is 1. The van der Waals surface area contributed by atoms with Crippen molar-refractivity contribution in [3.63, 3.8) is 0 Å². The summed E-state index contributed by atoms with van der Waals surface area (Å²) in [5.41, 5.74) is 12.8. The number of primary amides is 1. The Bertz CT molecular complexity index is 1460. The molecule has 0 bridgehead atoms. The number of carbonyl (C=O) groups excluding carboxylic acids is 1. The number of H-pyrrole nitrogens is 1. The molecule has 5 rings (SSSR count). The zero-order chi connectivity index (χ0) is 24.9. The van der Waals surface area contributed by atoms with Crippen molar-refractivity contribution in [2.24, 2.45) is 5.73 Å². The van der Waals surface area contributed by atoms with Gasteiger partial charge in [0.05, 0.1) is 11.3 Å². The molecular formula is C28H27N7O. The van der Waals surface area contributed by atoms with Gasteiger partial charge in [0.25, 0.3) is 5.91 Å². The van der Waals surface area contributed by atoms with Crippen molar-refractivity contribution in [3.05, 3.63) is 95.7 Å². The Morgan fingerprint density at radius 2 is 1.64 bits per heavy atom. The minimum absolute atomic E-state index is 0.461. The van der Waals surface area contributed by atoms with Gasteiger partial charge in [0.1, 0.15) is 5.69 Å². The Kier molecular flexibility index (Phi) is 6.66. The van der Waals surface area contributed by atoms with E-state index in [9.17, 15) is 4.79 Å². The number of carbonyl (C=O) groups is 1. The number of rotatable bonds is 9. The van der Waals surface area contributed by atoms with Crippen molar-refractivity contribution in [2.45, 2.75) is 32.7 Å². The average Bonchev–Trinajstić information content (AvgIpc) is 3.57. The lowest BCUT2D eigenvalue weighted by molar-refractivity contribution is 0.1000. The van der Waals surface area contributed by atoms with Crippen molar-refractivity contribution in [1.82, 2.24) is 30.4 Å². The van der Waals surface area contributed by atoms with Crippen LogP contribution < -0.4 is 5.73 Å². The highest BCUT2D eigenvalue weighted by molar-refractivity contribution is 6.00. The van der Waals surface area contributed by atoms with E-state index in [0.717, 1.165) is 52.9 Å². The smallest absolute Gasteiger partial charge is 0.252 e. The quantitative estimate of drug-likeness (QED) is 0.314. The molecule has 0 aliphatic rings. The highest BCUT2D eigenvalue weighted by Gasteiger charge is 2.23. The lowest BCUT2D eigenvalue weighted by Gasteiger charge is -2.10. The third-order valence-corrected chi connectivity index (χ3v) is 6.22. The Balaban J connectivity index is 1.51. The summed E-state index contributed by atoms with van der Waals surface area (Å²) in [4.78, 5) is 12.6. The molecule has 0 saturated carbocycles. The summed E-state index contributed by atoms with van der Waals surface area (Å²) in [5.74, 6) is 0.0892. The van der Waals surface area contributed by atoms with Crippen molar-refractivity contribution in [3.8, 4) is 33.8 Å². The van der Waals surface area contributed by atoms with Crippen LogP contribution in [0.15, 0.2) is 78.9 Å². The molecule has 0 spiro atoms. The molecule has 8 nitrogen and oxygen atoms in total. The molecule has 0 radical (unpaired) electrons. The Hall–Kier alpha value is -4.59. The van der Waals surface area contributed by atoms with E-state index in [1.807, 2.05) is 59.3 Å². The van der Waals surface area contributed by atoms with E-state index in [1.54, 1.807) is 0 Å². The SMILES string of the molecule is CCCCn1nc(-c2ccccc2)c(C(N)=O)c1Cc1ccc(-c2ccccc2-c2nn[nH]n2)cc1. The first-order chi connectivity index (χ1) is 17.7. The molecule has 3 N–H and O–H groups in total. The highest BCUT2D eigenvalue weighted by Crippen LogP contribution is 2.31. The maximum Gasteiger partial charge on any atom is 0.252 e. The predicted octanol–water partition coefficient (Wildman–Crippen LogP) is 4.89. The first kappa shape index (κ1) is 23.2. The van der Waals surface area contributed by atoms with Gasteiger partial charge in [0.15, 0.2) is 0 Å². The number of nitrogens with two attached hydrogens (primary N) is 1. The van der Waals surface area contributed by atoms with Crippen molar-refractivity contribution in [1.29, 1.82) is 0 Å². The van der Waals surface area contributed by atoms with Crippen LogP contribution in [-0.2, 0) is 13.0 Å². The van der Waals surface area contributed by atoms with Crippen LogP contribution in [0.4, 0.5) is 0 Å². The number of unbranched alkanes of at least 4 members (excludes halogenated alkanes) is 1. The molecule has 3 aromatic carbocycles. The number of nitrogens with zero attached hydrogens (tertiary/aromatic N) is 5. The molecule has 2 heterocycles. The van der Waals surface area contributed by atoms with E-state index in [0.29, 0.717) is 23.5 Å². The molecule has 5 aromatic rings. The van der Waals surface area contributed by atoms with Crippen LogP contribution in [0.1, 0.15) is 41.4 Å². The summed E-state index contributed by atoms with van der Waals surface area (Å²) in [6, 6.07) is 26.0. The first-order valence-electron chi connectivity index (χ1n) is 12.0. The largest absolute Gasteiger partial charge is 0.365 e. The number of benzene rings is 3. The number of hydrogen-bond donors (Lipinski definition) is 2. The van der Waals surface area contributed by atoms with Gasteiger partial charge in [-0.1, -0.05) is 92.2 Å². The van der Waals surface area contributed by atoms with Crippen LogP contribution in [0.3, 0.4) is 0 Å². The van der Waals surface area contributed by atoms with Gasteiger partial charge in [0.2, 0.25) is 5.82 Å². The minimum Gasteiger partial charge on any atom is -0.365 e. The molecule has 36 heavy (non-hydrogen) atoms. The molecular weight excluding hydrogens is 450 g/mol. The zero-order valence-electron chi connectivity index (χ0n) is 20.1. The van der Waals surface area contributed by atoms with Gasteiger partial charge in [-0.25, -0.2) is 0 Å². The maximum absolute atomic E-state index is 12.6. The van der Waals surface area contributed by atoms with Crippen LogP contribution in [0, 0.1) is 0 Å². The molecule has 0 saturated heterocycles. The van der Waals surface area contributed by atoms with Crippen LogP contribution in [0.25, 0.3) is 33.8 Å². The summed E-state index contributed by atoms with van der Waals surface area (Å²) in [6.45, 7) is 2.87. The normalized spacial score (nSPS) is 11.0. The Morgan fingerprint density at radius 1 is 0.917 bits per heavy atom. The van der Waals surface area contributed by atoms with Crippen molar-refractivity contribution < 1.29 is 4.79 Å². The number of nitrogens with one attached hydrogen (secondary N) is 1. The van der Waals surface area contributed by atoms with Gasteiger partial charge in [-0.3, -0.25) is 9.48 Å². The van der Waals surface area contributed by atoms with E-state index in [4.69, 9.17) is 10.8 Å². The summed E-state index contributed by atoms with van der Waals surface area (Å²) in [6.07, 6.45) is 2.54. The molecule has 0 aliphatic carbocycles. The molecule has 8 heteroatoms. The molecule has 180 valence electrons. The standard InChI is InChI=1S/C28H27N7O/c1-2-3-17-35-24(25(27(29)36)26(32-35)21-9-5-4-6-10-21)18-19-13-15-20(16-14-19)22-11-7-8-12-23(22)28-30-33-34-31-28/h4-16H,2-3,17-18H2,1H3,(H2,29,36)(H,30,31,33,34). The number of amides is 1. The van der Waals surface area contributed by atoms with Gasteiger partial charge in [-0.15, -0.1) is 10.2 Å². The summed E-state index contributed by atoms with van der Waals surface area (Å²) < 4.78 is 1.95. The highest BCUT2D eigenvalue weighted by atomic mass is 16.1. The van der Waals surface area contributed by atoms with Gasteiger partial charge in [-0.2, -0.15) is 10.3 Å². The second-order valence-corrected chi connectivity index (χ2v) is 8.63. The first-order valence-corrected chi connectivity index (χ1v) is 12.0. The van der Waals surface area contributed by atoms with Gasteiger partial charge in [-0.05, 0) is 28.3 Å². The number of aromatic amines is 1. The second kappa shape index (κ2) is 10.4. The number of hydrogen-bond acceptors (Lipinski definition) is 5. The summed E-state index contributed by atoms with van der Waals surface area (Å²) in [5, 5.41) is 19.3. The summed E-state index contributed by atoms with van der Waals surface area (Å²) in [7, 11) is 0. The fourth-order valence-corrected chi connectivity index (χ4v) is 4.43.